The maximum Gasteiger partial charge on any atom is 0.356 e. The fourth-order valence-corrected chi connectivity index (χ4v) is 4.24. The lowest BCUT2D eigenvalue weighted by molar-refractivity contribution is -0.126. The molecule has 2 N–H and O–H groups in total. The number of ether oxygens (including phenoxy) is 1. The molecule has 1 fully saturated rings. The number of hydrogen-bond donors (Lipinski definition) is 2. The Morgan fingerprint density at radius 1 is 1.06 bits per heavy atom. The van der Waals surface area contributed by atoms with E-state index >= 15 is 0 Å². The number of Topliss-reactive ketones (excluding diaryl/α,β-unsaturated/α-hetero) is 1. The van der Waals surface area contributed by atoms with Gasteiger partial charge in [-0.3, -0.25) is 9.59 Å². The molecule has 0 saturated carbocycles. The van der Waals surface area contributed by atoms with Crippen LogP contribution in [0.3, 0.4) is 0 Å². The quantitative estimate of drug-likeness (QED) is 0.336. The van der Waals surface area contributed by atoms with Gasteiger partial charge in [-0.05, 0) is 12.1 Å². The van der Waals surface area contributed by atoms with E-state index in [-0.39, 0.29) is 27.9 Å². The number of nitrogens with zero attached hydrogens (tertiary/aromatic N) is 5. The highest BCUT2D eigenvalue weighted by molar-refractivity contribution is 6.45. The summed E-state index contributed by atoms with van der Waals surface area (Å²) in [6.07, 6.45) is 4.07. The second kappa shape index (κ2) is 8.43. The summed E-state index contributed by atoms with van der Waals surface area (Å²) < 4.78 is 5.26. The van der Waals surface area contributed by atoms with Crippen molar-refractivity contribution in [3.05, 3.63) is 54.2 Å². The van der Waals surface area contributed by atoms with E-state index in [9.17, 15) is 19.5 Å². The summed E-state index contributed by atoms with van der Waals surface area (Å²) in [5.74, 6) is -1.66. The molecule has 11 heteroatoms. The van der Waals surface area contributed by atoms with Gasteiger partial charge in [-0.2, -0.15) is 0 Å². The van der Waals surface area contributed by atoms with Crippen LogP contribution in [0.5, 0.6) is 5.75 Å². The number of carboxylic acid groups (broad SMARTS) is 1. The van der Waals surface area contributed by atoms with Crippen LogP contribution in [0.15, 0.2) is 43.0 Å². The number of hydrogen-bond acceptors (Lipinski definition) is 8. The predicted molar refractivity (Wildman–Crippen MR) is 122 cm³/mol. The number of ketones is 1. The average molecular weight is 460 g/mol. The van der Waals surface area contributed by atoms with Crippen molar-refractivity contribution in [1.29, 1.82) is 0 Å². The molecule has 4 aromatic rings. The molecule has 1 aromatic carbocycles. The molecule has 0 aliphatic carbocycles. The summed E-state index contributed by atoms with van der Waals surface area (Å²) >= 11 is 0. The molecule has 0 unspecified atom stereocenters. The first-order valence-corrected chi connectivity index (χ1v) is 10.5. The number of aromatic amines is 1. The topological polar surface area (TPSA) is 142 Å². The van der Waals surface area contributed by atoms with Crippen LogP contribution in [-0.2, 0) is 4.79 Å². The van der Waals surface area contributed by atoms with Gasteiger partial charge in [0.25, 0.3) is 11.7 Å². The van der Waals surface area contributed by atoms with Crippen molar-refractivity contribution < 1.29 is 24.2 Å². The van der Waals surface area contributed by atoms with Crippen LogP contribution < -0.4 is 9.64 Å². The molecule has 5 rings (SSSR count). The molecule has 1 saturated heterocycles. The van der Waals surface area contributed by atoms with Crippen LogP contribution >= 0.6 is 0 Å². The second-order valence-electron chi connectivity index (χ2n) is 7.76. The third-order valence-corrected chi connectivity index (χ3v) is 5.92. The van der Waals surface area contributed by atoms with E-state index in [4.69, 9.17) is 4.74 Å². The second-order valence-corrected chi connectivity index (χ2v) is 7.76. The van der Waals surface area contributed by atoms with Gasteiger partial charge in [-0.25, -0.2) is 19.7 Å². The van der Waals surface area contributed by atoms with Crippen LogP contribution in [-0.4, -0.2) is 80.9 Å². The van der Waals surface area contributed by atoms with Gasteiger partial charge >= 0.3 is 5.97 Å². The molecule has 11 nitrogen and oxygen atoms in total. The molecule has 172 valence electrons. The Labute approximate surface area is 193 Å². The van der Waals surface area contributed by atoms with E-state index in [0.717, 1.165) is 16.7 Å². The molecule has 4 heterocycles. The molecule has 34 heavy (non-hydrogen) atoms. The van der Waals surface area contributed by atoms with E-state index in [0.29, 0.717) is 26.2 Å². The lowest BCUT2D eigenvalue weighted by atomic mass is 10.1. The van der Waals surface area contributed by atoms with Crippen LogP contribution in [0.25, 0.3) is 21.8 Å². The number of carbonyl (C=O) groups is 3. The third kappa shape index (κ3) is 3.47. The zero-order valence-electron chi connectivity index (χ0n) is 18.2. The maximum atomic E-state index is 13.1. The van der Waals surface area contributed by atoms with E-state index in [2.05, 4.69) is 24.8 Å². The van der Waals surface area contributed by atoms with Gasteiger partial charge in [-0.15, -0.1) is 0 Å². The van der Waals surface area contributed by atoms with Crippen LogP contribution in [0, 0.1) is 0 Å². The number of piperazine rings is 1. The molecule has 0 bridgehead atoms. The van der Waals surface area contributed by atoms with Crippen LogP contribution in [0.1, 0.15) is 20.8 Å². The minimum Gasteiger partial charge on any atom is -0.494 e. The molecule has 0 spiro atoms. The van der Waals surface area contributed by atoms with Gasteiger partial charge < -0.3 is 24.6 Å². The standard InChI is InChI=1S/C23H20N6O5/c1-34-16-11-25-19(23(32)33)18-17(16)14(10-24-18)20(30)22(31)29-8-6-28(7-9-29)21-13-4-2-3-5-15(13)26-12-27-21/h2-5,10-12,24H,6-9H2,1H3,(H,32,33). The van der Waals surface area contributed by atoms with Crippen LogP contribution in [0.2, 0.25) is 0 Å². The fraction of sp³-hybridized carbons (Fsp3) is 0.217. The van der Waals surface area contributed by atoms with Crippen LogP contribution in [0.4, 0.5) is 5.82 Å². The van der Waals surface area contributed by atoms with Crippen molar-refractivity contribution in [2.24, 2.45) is 0 Å². The summed E-state index contributed by atoms with van der Waals surface area (Å²) in [5.41, 5.74) is 0.757. The number of nitrogens with one attached hydrogen (secondary N) is 1. The number of amides is 1. The van der Waals surface area contributed by atoms with Crippen molar-refractivity contribution in [3.63, 3.8) is 0 Å². The minimum absolute atomic E-state index is 0.0472. The Kier molecular flexibility index (Phi) is 5.28. The number of fused-ring (bicyclic) bond motifs is 2. The number of aromatic carboxylic acids is 1. The van der Waals surface area contributed by atoms with Gasteiger partial charge in [0.2, 0.25) is 0 Å². The Balaban J connectivity index is 1.37. The number of aromatic nitrogens is 4. The Morgan fingerprint density at radius 2 is 1.82 bits per heavy atom. The van der Waals surface area contributed by atoms with Crippen molar-refractivity contribution in [2.45, 2.75) is 0 Å². The smallest absolute Gasteiger partial charge is 0.356 e. The molecular formula is C23H20N6O5. The zero-order valence-corrected chi connectivity index (χ0v) is 18.2. The summed E-state index contributed by atoms with van der Waals surface area (Å²) in [4.78, 5) is 56.6. The molecule has 3 aromatic heterocycles. The molecule has 0 radical (unpaired) electrons. The normalized spacial score (nSPS) is 13.9. The van der Waals surface area contributed by atoms with Crippen molar-refractivity contribution in [1.82, 2.24) is 24.8 Å². The SMILES string of the molecule is COc1cnc(C(=O)O)c2[nH]cc(C(=O)C(=O)N3CCN(c4ncnc5ccccc45)CC3)c12. The highest BCUT2D eigenvalue weighted by Crippen LogP contribution is 2.31. The van der Waals surface area contributed by atoms with Gasteiger partial charge in [0.15, 0.2) is 5.69 Å². The molecule has 1 aliphatic rings. The number of rotatable bonds is 5. The Hall–Kier alpha value is -4.54. The number of benzene rings is 1. The highest BCUT2D eigenvalue weighted by Gasteiger charge is 2.31. The van der Waals surface area contributed by atoms with Gasteiger partial charge in [0.1, 0.15) is 17.9 Å². The molecular weight excluding hydrogens is 440 g/mol. The summed E-state index contributed by atoms with van der Waals surface area (Å²) in [6, 6.07) is 7.71. The number of carboxylic acids is 1. The number of H-pyrrole nitrogens is 1. The summed E-state index contributed by atoms with van der Waals surface area (Å²) in [5, 5.41) is 10.5. The van der Waals surface area contributed by atoms with Crippen molar-refractivity contribution in [2.75, 3.05) is 38.2 Å². The predicted octanol–water partition coefficient (Wildman–Crippen LogP) is 1.74. The summed E-state index contributed by atoms with van der Waals surface area (Å²) in [6.45, 7) is 1.68. The first kappa shape index (κ1) is 21.3. The number of pyridine rings is 1. The van der Waals surface area contributed by atoms with Crippen molar-refractivity contribution >= 4 is 45.3 Å². The number of carbonyl (C=O) groups excluding carboxylic acids is 2. The minimum atomic E-state index is -1.26. The largest absolute Gasteiger partial charge is 0.494 e. The fourth-order valence-electron chi connectivity index (χ4n) is 4.24. The highest BCUT2D eigenvalue weighted by atomic mass is 16.5. The zero-order chi connectivity index (χ0) is 23.8. The summed E-state index contributed by atoms with van der Waals surface area (Å²) in [7, 11) is 1.38. The number of para-hydroxylation sites is 1. The maximum absolute atomic E-state index is 13.1. The average Bonchev–Trinajstić information content (AvgIpc) is 3.32. The van der Waals surface area contributed by atoms with E-state index in [1.54, 1.807) is 0 Å². The molecule has 1 amide bonds. The third-order valence-electron chi connectivity index (χ3n) is 5.92. The number of anilines is 1. The lowest BCUT2D eigenvalue weighted by Crippen LogP contribution is -2.51. The van der Waals surface area contributed by atoms with Crippen molar-refractivity contribution in [3.8, 4) is 5.75 Å². The van der Waals surface area contributed by atoms with Gasteiger partial charge in [0, 0.05) is 37.8 Å². The lowest BCUT2D eigenvalue weighted by Gasteiger charge is -2.35. The number of methoxy groups -OCH3 is 1. The van der Waals surface area contributed by atoms with E-state index in [1.807, 2.05) is 24.3 Å². The first-order valence-electron chi connectivity index (χ1n) is 10.5. The Morgan fingerprint density at radius 3 is 2.56 bits per heavy atom. The molecule has 1 aliphatic heterocycles. The first-order chi connectivity index (χ1) is 16.5. The van der Waals surface area contributed by atoms with E-state index < -0.39 is 17.7 Å². The van der Waals surface area contributed by atoms with Gasteiger partial charge in [-0.1, -0.05) is 12.1 Å². The molecule has 0 atom stereocenters. The van der Waals surface area contributed by atoms with E-state index in [1.165, 1.54) is 30.7 Å². The Bertz CT molecular complexity index is 1440. The van der Waals surface area contributed by atoms with Gasteiger partial charge in [0.05, 0.1) is 35.3 Å². The monoisotopic (exact) mass is 460 g/mol.